The first-order valence-electron chi connectivity index (χ1n) is 10.4. The number of aromatic nitrogens is 1. The third kappa shape index (κ3) is 2.99. The number of allylic oxidation sites excluding steroid dienone is 2. The minimum atomic E-state index is -0.599. The summed E-state index contributed by atoms with van der Waals surface area (Å²) in [5.74, 6) is 0.777. The van der Waals surface area contributed by atoms with E-state index >= 15 is 0 Å². The van der Waals surface area contributed by atoms with Crippen LogP contribution in [0.2, 0.25) is 0 Å². The molecule has 30 heavy (non-hydrogen) atoms. The van der Waals surface area contributed by atoms with Crippen LogP contribution in [-0.2, 0) is 6.54 Å². The van der Waals surface area contributed by atoms with E-state index in [9.17, 15) is 5.11 Å². The number of nitrogens with zero attached hydrogens (tertiary/aromatic N) is 3. The normalized spacial score (nSPS) is 14.8. The van der Waals surface area contributed by atoms with E-state index < -0.39 is 6.10 Å². The molecule has 0 unspecified atom stereocenters. The van der Waals surface area contributed by atoms with Crippen molar-refractivity contribution in [2.24, 2.45) is 4.99 Å². The van der Waals surface area contributed by atoms with E-state index in [1.165, 1.54) is 22.2 Å². The van der Waals surface area contributed by atoms with Crippen molar-refractivity contribution in [1.29, 1.82) is 0 Å². The van der Waals surface area contributed by atoms with Crippen LogP contribution in [0, 0.1) is 20.8 Å². The zero-order valence-electron chi connectivity index (χ0n) is 18.2. The van der Waals surface area contributed by atoms with Crippen LogP contribution >= 0.6 is 0 Å². The second-order valence-corrected chi connectivity index (χ2v) is 8.07. The van der Waals surface area contributed by atoms with Gasteiger partial charge in [0.2, 0.25) is 0 Å². The third-order valence-electron chi connectivity index (χ3n) is 6.11. The van der Waals surface area contributed by atoms with E-state index in [1.807, 2.05) is 13.0 Å². The number of aliphatic imine (C=N–C) groups is 1. The molecule has 0 saturated carbocycles. The summed E-state index contributed by atoms with van der Waals surface area (Å²) in [6, 6.07) is 10.8. The molecule has 1 N–H and O–H groups in total. The van der Waals surface area contributed by atoms with Crippen molar-refractivity contribution in [3.8, 4) is 11.1 Å². The molecule has 2 heterocycles. The summed E-state index contributed by atoms with van der Waals surface area (Å²) >= 11 is 0. The Morgan fingerprint density at radius 1 is 1.17 bits per heavy atom. The molecule has 1 atom stereocenters. The highest BCUT2D eigenvalue weighted by atomic mass is 16.3. The number of anilines is 1. The van der Waals surface area contributed by atoms with Crippen LogP contribution < -0.4 is 4.90 Å². The lowest BCUT2D eigenvalue weighted by Gasteiger charge is -2.34. The number of rotatable bonds is 5. The predicted octanol–water partition coefficient (Wildman–Crippen LogP) is 5.83. The van der Waals surface area contributed by atoms with Crippen LogP contribution in [0.5, 0.6) is 0 Å². The van der Waals surface area contributed by atoms with Crippen LogP contribution in [0.4, 0.5) is 5.69 Å². The van der Waals surface area contributed by atoms with Gasteiger partial charge in [0.25, 0.3) is 0 Å². The molecule has 0 aliphatic carbocycles. The molecule has 0 radical (unpaired) electrons. The molecule has 0 amide bonds. The molecule has 0 saturated heterocycles. The van der Waals surface area contributed by atoms with Crippen molar-refractivity contribution in [3.05, 3.63) is 77.3 Å². The molecule has 0 fully saturated rings. The van der Waals surface area contributed by atoms with E-state index in [1.54, 1.807) is 6.08 Å². The van der Waals surface area contributed by atoms with Gasteiger partial charge < -0.3 is 14.6 Å². The van der Waals surface area contributed by atoms with E-state index in [2.05, 4.69) is 78.9 Å². The molecule has 4 rings (SSSR count). The average molecular weight is 400 g/mol. The lowest BCUT2D eigenvalue weighted by molar-refractivity contribution is 0.199. The maximum Gasteiger partial charge on any atom is 0.132 e. The van der Waals surface area contributed by atoms with E-state index in [0.29, 0.717) is 0 Å². The zero-order chi connectivity index (χ0) is 21.6. The van der Waals surface area contributed by atoms with Crippen molar-refractivity contribution >= 4 is 23.3 Å². The van der Waals surface area contributed by atoms with Crippen LogP contribution in [0.3, 0.4) is 0 Å². The maximum absolute atomic E-state index is 10.9. The summed E-state index contributed by atoms with van der Waals surface area (Å²) in [6.45, 7) is 17.5. The highest BCUT2D eigenvalue weighted by Gasteiger charge is 2.30. The number of aryl methyl sites for hydroxylation is 2. The van der Waals surface area contributed by atoms with Gasteiger partial charge in [-0.05, 0) is 68.8 Å². The van der Waals surface area contributed by atoms with E-state index in [4.69, 9.17) is 0 Å². The topological polar surface area (TPSA) is 40.8 Å². The number of hydrogen-bond acceptors (Lipinski definition) is 3. The van der Waals surface area contributed by atoms with Crippen LogP contribution in [0.1, 0.15) is 35.4 Å². The van der Waals surface area contributed by atoms with E-state index in [-0.39, 0.29) is 0 Å². The second kappa shape index (κ2) is 7.62. The summed E-state index contributed by atoms with van der Waals surface area (Å²) < 4.78 is 2.38. The molecule has 4 nitrogen and oxygen atoms in total. The summed E-state index contributed by atoms with van der Waals surface area (Å²) in [5, 5.41) is 12.0. The van der Waals surface area contributed by atoms with Gasteiger partial charge >= 0.3 is 0 Å². The Balaban J connectivity index is 2.15. The van der Waals surface area contributed by atoms with Crippen molar-refractivity contribution in [2.75, 3.05) is 11.4 Å². The summed E-state index contributed by atoms with van der Waals surface area (Å²) in [5.41, 5.74) is 9.01. The Morgan fingerprint density at radius 2 is 1.87 bits per heavy atom. The molecule has 0 bridgehead atoms. The smallest absolute Gasteiger partial charge is 0.132 e. The number of benzene rings is 2. The Kier molecular flexibility index (Phi) is 5.12. The highest BCUT2D eigenvalue weighted by Crippen LogP contribution is 2.47. The molecule has 1 aliphatic heterocycles. The summed E-state index contributed by atoms with van der Waals surface area (Å²) in [7, 11) is 0. The maximum atomic E-state index is 10.9. The zero-order valence-corrected chi connectivity index (χ0v) is 18.2. The van der Waals surface area contributed by atoms with Gasteiger partial charge in [0.05, 0.1) is 17.3 Å². The van der Waals surface area contributed by atoms with Gasteiger partial charge in [0, 0.05) is 24.2 Å². The number of aliphatic hydroxyl groups is 1. The number of hydrogen-bond donors (Lipinski definition) is 1. The molecule has 4 heteroatoms. The van der Waals surface area contributed by atoms with Gasteiger partial charge in [0.1, 0.15) is 5.82 Å². The average Bonchev–Trinajstić information content (AvgIpc) is 3.06. The molecule has 1 aromatic heterocycles. The van der Waals surface area contributed by atoms with E-state index in [0.717, 1.165) is 46.9 Å². The molecule has 0 spiro atoms. The predicted molar refractivity (Wildman–Crippen MR) is 127 cm³/mol. The van der Waals surface area contributed by atoms with Crippen LogP contribution in [0.15, 0.2) is 59.9 Å². The first-order chi connectivity index (χ1) is 14.4. The quantitative estimate of drug-likeness (QED) is 0.433. The van der Waals surface area contributed by atoms with Gasteiger partial charge in [0.15, 0.2) is 0 Å². The van der Waals surface area contributed by atoms with Gasteiger partial charge in [-0.3, -0.25) is 0 Å². The van der Waals surface area contributed by atoms with Gasteiger partial charge in [-0.25, -0.2) is 4.99 Å². The monoisotopic (exact) mass is 399 g/mol. The van der Waals surface area contributed by atoms with Gasteiger partial charge in [-0.1, -0.05) is 42.5 Å². The highest BCUT2D eigenvalue weighted by molar-refractivity contribution is 6.07. The molecule has 154 valence electrons. The first-order valence-corrected chi connectivity index (χ1v) is 10.4. The Bertz CT molecular complexity index is 1180. The lowest BCUT2D eigenvalue weighted by atomic mass is 9.87. The molecular weight excluding hydrogens is 370 g/mol. The first kappa shape index (κ1) is 20.2. The molecule has 2 aromatic carbocycles. The molecular formula is C26H29N3O. The Hall–Kier alpha value is -3.11. The largest absolute Gasteiger partial charge is 0.389 e. The fraction of sp³-hybridized carbons (Fsp3) is 0.269. The minimum Gasteiger partial charge on any atom is -0.389 e. The van der Waals surface area contributed by atoms with Gasteiger partial charge in [-0.15, -0.1) is 0 Å². The van der Waals surface area contributed by atoms with Crippen molar-refractivity contribution in [3.63, 3.8) is 0 Å². The second-order valence-electron chi connectivity index (χ2n) is 8.07. The molecule has 3 aromatic rings. The van der Waals surface area contributed by atoms with Gasteiger partial charge in [-0.2, -0.15) is 0 Å². The minimum absolute atomic E-state index is 0.599. The fourth-order valence-electron chi connectivity index (χ4n) is 4.81. The lowest BCUT2D eigenvalue weighted by Crippen LogP contribution is -2.31. The fourth-order valence-corrected chi connectivity index (χ4v) is 4.81. The summed E-state index contributed by atoms with van der Waals surface area (Å²) in [4.78, 5) is 6.47. The van der Waals surface area contributed by atoms with Crippen LogP contribution in [0.25, 0.3) is 22.0 Å². The van der Waals surface area contributed by atoms with Crippen LogP contribution in [-0.4, -0.2) is 22.9 Å². The van der Waals surface area contributed by atoms with Crippen molar-refractivity contribution in [2.45, 2.75) is 40.3 Å². The standard InChI is InChI=1S/C26H29N3O/c1-7-8-22(27-6)29-14-13-28-17(3)15-21-24(20-11-9-16(2)10-12-20)23(19(5)30)18(4)25(29)26(21)28/h7-12,15,19,30H,1,6,13-14H2,2-5H3/b22-8+/t19-/m1/s1. The number of aliphatic hydroxyl groups excluding tert-OH is 1. The SMILES string of the molecule is C=C/C=C(\N=C)N1CCn2c(C)cc3c(-c4ccc(C)cc4)c([C@@H](C)O)c(C)c1c32. The molecule has 1 aliphatic rings. The summed E-state index contributed by atoms with van der Waals surface area (Å²) in [6.07, 6.45) is 3.03. The Labute approximate surface area is 178 Å². The van der Waals surface area contributed by atoms with Crippen molar-refractivity contribution in [1.82, 2.24) is 4.57 Å². The Morgan fingerprint density at radius 3 is 2.47 bits per heavy atom. The van der Waals surface area contributed by atoms with Crippen molar-refractivity contribution < 1.29 is 5.11 Å². The third-order valence-corrected chi connectivity index (χ3v) is 6.11.